The van der Waals surface area contributed by atoms with Gasteiger partial charge in [-0.25, -0.2) is 4.79 Å². The van der Waals surface area contributed by atoms with Crippen molar-refractivity contribution < 1.29 is 9.15 Å². The molecule has 2 aromatic carbocycles. The van der Waals surface area contributed by atoms with Crippen molar-refractivity contribution in [2.24, 2.45) is 0 Å². The molecule has 0 spiro atoms. The summed E-state index contributed by atoms with van der Waals surface area (Å²) >= 11 is 0. The van der Waals surface area contributed by atoms with Crippen LogP contribution in [0.1, 0.15) is 36.5 Å². The summed E-state index contributed by atoms with van der Waals surface area (Å²) in [5.74, 6) is 1.22. The van der Waals surface area contributed by atoms with E-state index in [0.29, 0.717) is 23.9 Å². The summed E-state index contributed by atoms with van der Waals surface area (Å²) in [7, 11) is 0. The fourth-order valence-corrected chi connectivity index (χ4v) is 2.56. The second-order valence-corrected chi connectivity index (χ2v) is 6.09. The van der Waals surface area contributed by atoms with Crippen LogP contribution >= 0.6 is 0 Å². The Morgan fingerprint density at radius 3 is 2.48 bits per heavy atom. The van der Waals surface area contributed by atoms with Gasteiger partial charge in [-0.05, 0) is 41.7 Å². The molecule has 3 nitrogen and oxygen atoms in total. The Bertz CT molecular complexity index is 874. The molecule has 3 aromatic rings. The predicted octanol–water partition coefficient (Wildman–Crippen LogP) is 4.80. The average Bonchev–Trinajstić information content (AvgIpc) is 2.52. The van der Waals surface area contributed by atoms with Crippen molar-refractivity contribution in [2.75, 3.05) is 0 Å². The lowest BCUT2D eigenvalue weighted by Crippen LogP contribution is -1.99. The number of benzene rings is 2. The molecule has 0 bridgehead atoms. The molecular weight excluding hydrogens is 288 g/mol. The molecule has 0 aliphatic carbocycles. The Hall–Kier alpha value is -2.55. The molecule has 1 aromatic heterocycles. The second kappa shape index (κ2) is 6.29. The van der Waals surface area contributed by atoms with Crippen LogP contribution < -0.4 is 10.4 Å². The van der Waals surface area contributed by atoms with Gasteiger partial charge in [0.15, 0.2) is 0 Å². The molecule has 0 aliphatic rings. The largest absolute Gasteiger partial charge is 0.489 e. The predicted molar refractivity (Wildman–Crippen MR) is 92.1 cm³/mol. The molecule has 118 valence electrons. The fraction of sp³-hybridized carbons (Fsp3) is 0.250. The fourth-order valence-electron chi connectivity index (χ4n) is 2.56. The number of fused-ring (bicyclic) bond motifs is 1. The molecule has 0 amide bonds. The molecule has 0 atom stereocenters. The van der Waals surface area contributed by atoms with Gasteiger partial charge in [-0.3, -0.25) is 0 Å². The van der Waals surface area contributed by atoms with Gasteiger partial charge >= 0.3 is 5.63 Å². The lowest BCUT2D eigenvalue weighted by Gasteiger charge is -2.09. The first-order valence-electron chi connectivity index (χ1n) is 7.79. The third-order valence-electron chi connectivity index (χ3n) is 3.97. The number of hydrogen-bond acceptors (Lipinski definition) is 3. The van der Waals surface area contributed by atoms with Gasteiger partial charge < -0.3 is 9.15 Å². The lowest BCUT2D eigenvalue weighted by molar-refractivity contribution is 0.306. The van der Waals surface area contributed by atoms with E-state index in [1.54, 1.807) is 6.07 Å². The van der Waals surface area contributed by atoms with E-state index < -0.39 is 0 Å². The number of ether oxygens (including phenoxy) is 1. The quantitative estimate of drug-likeness (QED) is 0.650. The monoisotopic (exact) mass is 308 g/mol. The van der Waals surface area contributed by atoms with E-state index in [-0.39, 0.29) is 5.63 Å². The van der Waals surface area contributed by atoms with Crippen molar-refractivity contribution in [2.45, 2.75) is 33.3 Å². The molecular formula is C20H20O3. The van der Waals surface area contributed by atoms with Crippen LogP contribution in [-0.2, 0) is 6.61 Å². The maximum Gasteiger partial charge on any atom is 0.336 e. The normalized spacial score (nSPS) is 11.1. The molecule has 0 N–H and O–H groups in total. The van der Waals surface area contributed by atoms with Gasteiger partial charge in [0.05, 0.1) is 0 Å². The van der Waals surface area contributed by atoms with E-state index in [1.807, 2.05) is 19.1 Å². The molecule has 23 heavy (non-hydrogen) atoms. The zero-order chi connectivity index (χ0) is 16.4. The van der Waals surface area contributed by atoms with Crippen LogP contribution in [0.25, 0.3) is 11.0 Å². The standard InChI is InChI=1S/C20H20O3/c1-13(2)16-6-4-15(5-7-16)12-22-17-8-9-18-14(3)10-20(21)23-19(18)11-17/h4-11,13H,12H2,1-3H3. The van der Waals surface area contributed by atoms with Crippen LogP contribution in [0.3, 0.4) is 0 Å². The highest BCUT2D eigenvalue weighted by Gasteiger charge is 2.05. The van der Waals surface area contributed by atoms with Crippen molar-refractivity contribution in [3.05, 3.63) is 75.6 Å². The van der Waals surface area contributed by atoms with Crippen LogP contribution in [0.2, 0.25) is 0 Å². The van der Waals surface area contributed by atoms with Gasteiger partial charge in [0, 0.05) is 17.5 Å². The van der Waals surface area contributed by atoms with E-state index in [2.05, 4.69) is 38.1 Å². The summed E-state index contributed by atoms with van der Waals surface area (Å²) in [6, 6.07) is 15.5. The molecule has 0 unspecified atom stereocenters. The maximum atomic E-state index is 11.5. The summed E-state index contributed by atoms with van der Waals surface area (Å²) < 4.78 is 11.1. The molecule has 0 aliphatic heterocycles. The van der Waals surface area contributed by atoms with Gasteiger partial charge in [0.2, 0.25) is 0 Å². The zero-order valence-electron chi connectivity index (χ0n) is 13.6. The Balaban J connectivity index is 1.78. The number of hydrogen-bond donors (Lipinski definition) is 0. The maximum absolute atomic E-state index is 11.5. The van der Waals surface area contributed by atoms with Crippen molar-refractivity contribution in [3.8, 4) is 5.75 Å². The highest BCUT2D eigenvalue weighted by molar-refractivity contribution is 5.81. The smallest absolute Gasteiger partial charge is 0.336 e. The number of rotatable bonds is 4. The first-order valence-corrected chi connectivity index (χ1v) is 7.79. The first-order chi connectivity index (χ1) is 11.0. The molecule has 0 fully saturated rings. The highest BCUT2D eigenvalue weighted by atomic mass is 16.5. The van der Waals surface area contributed by atoms with E-state index >= 15 is 0 Å². The molecule has 0 saturated carbocycles. The first kappa shape index (κ1) is 15.3. The molecule has 0 radical (unpaired) electrons. The third-order valence-corrected chi connectivity index (χ3v) is 3.97. The summed E-state index contributed by atoms with van der Waals surface area (Å²) in [5.41, 5.74) is 3.56. The zero-order valence-corrected chi connectivity index (χ0v) is 13.6. The third kappa shape index (κ3) is 3.45. The van der Waals surface area contributed by atoms with Gasteiger partial charge in [-0.2, -0.15) is 0 Å². The van der Waals surface area contributed by atoms with Crippen LogP contribution in [0, 0.1) is 6.92 Å². The van der Waals surface area contributed by atoms with Crippen molar-refractivity contribution >= 4 is 11.0 Å². The van der Waals surface area contributed by atoms with Crippen LogP contribution in [0.4, 0.5) is 0 Å². The highest BCUT2D eigenvalue weighted by Crippen LogP contribution is 2.23. The Morgan fingerprint density at radius 1 is 1.04 bits per heavy atom. The average molecular weight is 308 g/mol. The van der Waals surface area contributed by atoms with Gasteiger partial charge in [0.25, 0.3) is 0 Å². The van der Waals surface area contributed by atoms with Crippen LogP contribution in [0.5, 0.6) is 5.75 Å². The van der Waals surface area contributed by atoms with Crippen LogP contribution in [-0.4, -0.2) is 0 Å². The van der Waals surface area contributed by atoms with Gasteiger partial charge in [-0.15, -0.1) is 0 Å². The minimum absolute atomic E-state index is 0.337. The summed E-state index contributed by atoms with van der Waals surface area (Å²) in [6.07, 6.45) is 0. The number of aryl methyl sites for hydroxylation is 1. The van der Waals surface area contributed by atoms with Crippen molar-refractivity contribution in [3.63, 3.8) is 0 Å². The lowest BCUT2D eigenvalue weighted by atomic mass is 10.0. The topological polar surface area (TPSA) is 39.4 Å². The molecule has 0 saturated heterocycles. The Morgan fingerprint density at radius 2 is 1.78 bits per heavy atom. The van der Waals surface area contributed by atoms with E-state index in [9.17, 15) is 4.79 Å². The Kier molecular flexibility index (Phi) is 4.20. The van der Waals surface area contributed by atoms with E-state index in [0.717, 1.165) is 16.5 Å². The summed E-state index contributed by atoms with van der Waals surface area (Å²) in [6.45, 7) is 6.74. The summed E-state index contributed by atoms with van der Waals surface area (Å²) in [4.78, 5) is 11.5. The SMILES string of the molecule is Cc1cc(=O)oc2cc(OCc3ccc(C(C)C)cc3)ccc12. The molecule has 3 heteroatoms. The second-order valence-electron chi connectivity index (χ2n) is 6.09. The van der Waals surface area contributed by atoms with Gasteiger partial charge in [0.1, 0.15) is 17.9 Å². The van der Waals surface area contributed by atoms with Crippen molar-refractivity contribution in [1.29, 1.82) is 0 Å². The van der Waals surface area contributed by atoms with Crippen LogP contribution in [0.15, 0.2) is 57.7 Å². The molecule has 3 rings (SSSR count). The van der Waals surface area contributed by atoms with E-state index in [4.69, 9.17) is 9.15 Å². The molecule has 1 heterocycles. The van der Waals surface area contributed by atoms with Gasteiger partial charge in [-0.1, -0.05) is 38.1 Å². The Labute approximate surface area is 135 Å². The summed E-state index contributed by atoms with van der Waals surface area (Å²) in [5, 5.41) is 0.929. The minimum atomic E-state index is -0.337. The van der Waals surface area contributed by atoms with Crippen molar-refractivity contribution in [1.82, 2.24) is 0 Å². The van der Waals surface area contributed by atoms with E-state index in [1.165, 1.54) is 11.6 Å². The minimum Gasteiger partial charge on any atom is -0.489 e.